The topological polar surface area (TPSA) is 86.5 Å². The highest BCUT2D eigenvalue weighted by atomic mass is 35.5. The number of amides is 1. The Bertz CT molecular complexity index is 1340. The van der Waals surface area contributed by atoms with Crippen molar-refractivity contribution in [2.45, 2.75) is 0 Å². The van der Waals surface area contributed by atoms with Crippen LogP contribution in [-0.4, -0.2) is 10.9 Å². The molecule has 4 rings (SSSR count). The van der Waals surface area contributed by atoms with Crippen LogP contribution in [0, 0.1) is 23.3 Å². The smallest absolute Gasteiger partial charge is 0.257 e. The average Bonchev–Trinajstić information content (AvgIpc) is 2.84. The number of carbonyl (C=O) groups excluding carboxylic acids is 1. The molecule has 0 radical (unpaired) electrons. The summed E-state index contributed by atoms with van der Waals surface area (Å²) in [6, 6.07) is 14.0. The number of hydrogen-bond acceptors (Lipinski definition) is 5. The number of nitrogen functional groups attached to an aromatic ring is 1. The molecule has 180 valence electrons. The molecular formula is C24H16ClF4N3O3. The monoisotopic (exact) mass is 505 g/mol. The number of benzene rings is 3. The predicted octanol–water partition coefficient (Wildman–Crippen LogP) is 6.48. The van der Waals surface area contributed by atoms with Crippen LogP contribution in [0.1, 0.15) is 10.4 Å². The Morgan fingerprint density at radius 1 is 0.800 bits per heavy atom. The van der Waals surface area contributed by atoms with Crippen LogP contribution in [0.3, 0.4) is 0 Å². The van der Waals surface area contributed by atoms with E-state index in [4.69, 9.17) is 15.2 Å². The van der Waals surface area contributed by atoms with Crippen molar-refractivity contribution in [3.8, 4) is 23.0 Å². The molecule has 1 amide bonds. The van der Waals surface area contributed by atoms with Crippen molar-refractivity contribution in [3.63, 3.8) is 0 Å². The van der Waals surface area contributed by atoms with Gasteiger partial charge in [0.15, 0.2) is 0 Å². The molecule has 0 unspecified atom stereocenters. The quantitative estimate of drug-likeness (QED) is 0.178. The zero-order valence-electron chi connectivity index (χ0n) is 17.6. The Morgan fingerprint density at radius 3 is 1.91 bits per heavy atom. The van der Waals surface area contributed by atoms with Crippen LogP contribution in [0.2, 0.25) is 0 Å². The zero-order valence-corrected chi connectivity index (χ0v) is 18.4. The van der Waals surface area contributed by atoms with Gasteiger partial charge in [0.05, 0.1) is 5.56 Å². The third kappa shape index (κ3) is 5.61. The molecule has 6 nitrogen and oxygen atoms in total. The fourth-order valence-electron chi connectivity index (χ4n) is 2.92. The number of ether oxygens (including phenoxy) is 2. The Labute approximate surface area is 202 Å². The van der Waals surface area contributed by atoms with Gasteiger partial charge in [-0.15, -0.1) is 12.4 Å². The minimum atomic E-state index is -1.80. The van der Waals surface area contributed by atoms with Gasteiger partial charge in [-0.2, -0.15) is 17.6 Å². The highest BCUT2D eigenvalue weighted by Crippen LogP contribution is 2.39. The van der Waals surface area contributed by atoms with E-state index in [9.17, 15) is 22.4 Å². The number of nitrogens with zero attached hydrogens (tertiary/aromatic N) is 1. The molecule has 0 aliphatic rings. The number of nitrogens with one attached hydrogen (secondary N) is 1. The van der Waals surface area contributed by atoms with Gasteiger partial charge in [0.1, 0.15) is 11.5 Å². The first-order valence-electron chi connectivity index (χ1n) is 9.72. The molecule has 3 N–H and O–H groups in total. The average molecular weight is 506 g/mol. The summed E-state index contributed by atoms with van der Waals surface area (Å²) in [6.45, 7) is 0. The maximum Gasteiger partial charge on any atom is 0.257 e. The van der Waals surface area contributed by atoms with Crippen molar-refractivity contribution in [1.29, 1.82) is 0 Å². The minimum absolute atomic E-state index is 0. The summed E-state index contributed by atoms with van der Waals surface area (Å²) in [5.41, 5.74) is 6.26. The maximum atomic E-state index is 14.6. The Morgan fingerprint density at radius 2 is 1.37 bits per heavy atom. The van der Waals surface area contributed by atoms with Crippen LogP contribution in [0.25, 0.3) is 0 Å². The van der Waals surface area contributed by atoms with Crippen molar-refractivity contribution in [3.05, 3.63) is 102 Å². The van der Waals surface area contributed by atoms with Gasteiger partial charge in [-0.25, -0.2) is 0 Å². The maximum absolute atomic E-state index is 14.6. The van der Waals surface area contributed by atoms with Crippen LogP contribution >= 0.6 is 12.4 Å². The summed E-state index contributed by atoms with van der Waals surface area (Å²) in [5.74, 6) is -10.6. The van der Waals surface area contributed by atoms with Crippen molar-refractivity contribution in [2.24, 2.45) is 0 Å². The Kier molecular flexibility index (Phi) is 7.77. The Balaban J connectivity index is 0.00000342. The first kappa shape index (κ1) is 25.3. The van der Waals surface area contributed by atoms with Gasteiger partial charge in [-0.1, -0.05) is 12.1 Å². The summed E-state index contributed by atoms with van der Waals surface area (Å²) >= 11 is 0. The number of aromatic nitrogens is 1. The third-order valence-corrected chi connectivity index (χ3v) is 4.50. The fraction of sp³-hybridized carbons (Fsp3) is 0. The van der Waals surface area contributed by atoms with Crippen LogP contribution in [0.15, 0.2) is 73.1 Å². The second kappa shape index (κ2) is 10.7. The molecule has 3 aromatic carbocycles. The van der Waals surface area contributed by atoms with E-state index in [2.05, 4.69) is 10.3 Å². The molecule has 0 saturated carbocycles. The second-order valence-corrected chi connectivity index (χ2v) is 6.91. The number of halogens is 5. The number of hydrogen-bond donors (Lipinski definition) is 2. The van der Waals surface area contributed by atoms with Crippen LogP contribution in [-0.2, 0) is 0 Å². The zero-order chi connectivity index (χ0) is 24.2. The lowest BCUT2D eigenvalue weighted by Crippen LogP contribution is -2.12. The normalized spacial score (nSPS) is 10.3. The lowest BCUT2D eigenvalue weighted by molar-refractivity contribution is 0.102. The number of nitrogens with two attached hydrogens (primary N) is 1. The molecule has 35 heavy (non-hydrogen) atoms. The summed E-state index contributed by atoms with van der Waals surface area (Å²) in [5, 5.41) is 2.55. The van der Waals surface area contributed by atoms with Crippen molar-refractivity contribution >= 4 is 29.7 Å². The number of anilines is 2. The van der Waals surface area contributed by atoms with Crippen molar-refractivity contribution in [2.75, 3.05) is 11.1 Å². The highest BCUT2D eigenvalue weighted by molar-refractivity contribution is 6.04. The van der Waals surface area contributed by atoms with E-state index in [1.165, 1.54) is 67.0 Å². The van der Waals surface area contributed by atoms with E-state index in [1.54, 1.807) is 6.07 Å². The van der Waals surface area contributed by atoms with Crippen LogP contribution in [0.5, 0.6) is 23.0 Å². The molecule has 1 aromatic heterocycles. The molecule has 11 heteroatoms. The summed E-state index contributed by atoms with van der Waals surface area (Å²) in [6.07, 6.45) is 2.84. The summed E-state index contributed by atoms with van der Waals surface area (Å²) < 4.78 is 68.4. The molecule has 1 heterocycles. The number of carbonyl (C=O) groups is 1. The molecule has 0 atom stereocenters. The molecule has 0 saturated heterocycles. The molecule has 0 spiro atoms. The lowest BCUT2D eigenvalue weighted by Gasteiger charge is -2.14. The molecule has 0 bridgehead atoms. The van der Waals surface area contributed by atoms with Crippen LogP contribution < -0.4 is 20.5 Å². The van der Waals surface area contributed by atoms with Gasteiger partial charge in [0.2, 0.25) is 34.8 Å². The van der Waals surface area contributed by atoms with E-state index < -0.39 is 40.7 Å². The lowest BCUT2D eigenvalue weighted by atomic mass is 10.2. The van der Waals surface area contributed by atoms with Gasteiger partial charge in [0, 0.05) is 35.9 Å². The van der Waals surface area contributed by atoms with E-state index >= 15 is 0 Å². The minimum Gasteiger partial charge on any atom is -0.451 e. The van der Waals surface area contributed by atoms with Gasteiger partial charge < -0.3 is 20.5 Å². The van der Waals surface area contributed by atoms with Gasteiger partial charge in [0.25, 0.3) is 5.91 Å². The highest BCUT2D eigenvalue weighted by Gasteiger charge is 2.29. The van der Waals surface area contributed by atoms with E-state index in [-0.39, 0.29) is 40.8 Å². The largest absolute Gasteiger partial charge is 0.451 e. The van der Waals surface area contributed by atoms with Crippen LogP contribution in [0.4, 0.5) is 28.9 Å². The molecule has 0 fully saturated rings. The predicted molar refractivity (Wildman–Crippen MR) is 123 cm³/mol. The van der Waals surface area contributed by atoms with Crippen molar-refractivity contribution < 1.29 is 31.8 Å². The standard InChI is InChI=1S/C24H15F4N3O3.ClH/c25-18-20(27)23(21(28)19(26)22(18)33-16-7-1-5-14(29)10-16)34-17-8-2-6-15(11-17)31-24(32)13-4-3-9-30-12-13;/h1-12H,29H2,(H,31,32);1H. The van der Waals surface area contributed by atoms with Gasteiger partial charge in [-0.3, -0.25) is 9.78 Å². The molecule has 4 aromatic rings. The fourth-order valence-corrected chi connectivity index (χ4v) is 2.92. The molecule has 0 aliphatic carbocycles. The van der Waals surface area contributed by atoms with Gasteiger partial charge >= 0.3 is 0 Å². The summed E-state index contributed by atoms with van der Waals surface area (Å²) in [4.78, 5) is 16.1. The van der Waals surface area contributed by atoms with Gasteiger partial charge in [-0.05, 0) is 36.4 Å². The first-order valence-corrected chi connectivity index (χ1v) is 9.72. The summed E-state index contributed by atoms with van der Waals surface area (Å²) in [7, 11) is 0. The second-order valence-electron chi connectivity index (χ2n) is 6.91. The SMILES string of the molecule is Cl.Nc1cccc(Oc2c(F)c(F)c(Oc3cccc(NC(=O)c4cccnc4)c3)c(F)c2F)c1. The number of rotatable bonds is 6. The van der Waals surface area contributed by atoms with E-state index in [0.717, 1.165) is 0 Å². The molecular weight excluding hydrogens is 490 g/mol. The number of pyridine rings is 1. The van der Waals surface area contributed by atoms with E-state index in [1.807, 2.05) is 0 Å². The molecule has 0 aliphatic heterocycles. The van der Waals surface area contributed by atoms with E-state index in [0.29, 0.717) is 0 Å². The third-order valence-electron chi connectivity index (χ3n) is 4.50. The van der Waals surface area contributed by atoms with Crippen molar-refractivity contribution in [1.82, 2.24) is 4.98 Å². The first-order chi connectivity index (χ1) is 16.3. The Hall–Kier alpha value is -4.31.